The van der Waals surface area contributed by atoms with E-state index in [0.717, 1.165) is 35.6 Å². The van der Waals surface area contributed by atoms with Crippen molar-refractivity contribution in [2.45, 2.75) is 13.8 Å². The van der Waals surface area contributed by atoms with Gasteiger partial charge in [0.15, 0.2) is 0 Å². The van der Waals surface area contributed by atoms with Gasteiger partial charge in [-0.25, -0.2) is 4.98 Å². The monoisotopic (exact) mass is 312 g/mol. The van der Waals surface area contributed by atoms with Crippen LogP contribution in [-0.4, -0.2) is 43.0 Å². The van der Waals surface area contributed by atoms with Gasteiger partial charge in [0.25, 0.3) is 5.91 Å². The second kappa shape index (κ2) is 7.74. The number of carbonyl (C=O) groups excluding carboxylic acids is 1. The van der Waals surface area contributed by atoms with Crippen LogP contribution >= 0.6 is 0 Å². The first-order valence-corrected chi connectivity index (χ1v) is 7.68. The molecule has 0 aliphatic carbocycles. The molecule has 0 aliphatic heterocycles. The van der Waals surface area contributed by atoms with Crippen LogP contribution in [0.2, 0.25) is 0 Å². The number of benzene rings is 1. The minimum absolute atomic E-state index is 0.199. The Morgan fingerprint density at radius 1 is 1.09 bits per heavy atom. The zero-order valence-electron chi connectivity index (χ0n) is 14.2. The van der Waals surface area contributed by atoms with Gasteiger partial charge in [-0.1, -0.05) is 6.07 Å². The van der Waals surface area contributed by atoms with Crippen LogP contribution in [0.3, 0.4) is 0 Å². The number of aryl methyl sites for hydroxylation is 2. The summed E-state index contributed by atoms with van der Waals surface area (Å²) in [6.07, 6.45) is 1.69. The molecule has 1 aromatic heterocycles. The summed E-state index contributed by atoms with van der Waals surface area (Å²) in [5.74, 6) is -0.199. The van der Waals surface area contributed by atoms with Crippen LogP contribution in [0.4, 0.5) is 11.4 Å². The first kappa shape index (κ1) is 17.0. The van der Waals surface area contributed by atoms with Gasteiger partial charge in [0.1, 0.15) is 5.69 Å². The summed E-state index contributed by atoms with van der Waals surface area (Å²) < 4.78 is 0. The van der Waals surface area contributed by atoms with Gasteiger partial charge in [-0.15, -0.1) is 0 Å². The summed E-state index contributed by atoms with van der Waals surface area (Å²) >= 11 is 0. The van der Waals surface area contributed by atoms with Crippen molar-refractivity contribution in [3.05, 3.63) is 53.3 Å². The number of amides is 1. The van der Waals surface area contributed by atoms with E-state index in [1.165, 1.54) is 0 Å². The van der Waals surface area contributed by atoms with Crippen molar-refractivity contribution >= 4 is 17.3 Å². The number of likely N-dealkylation sites (N-methyl/N-ethyl adjacent to an activating group) is 1. The SMILES string of the molecule is Cc1cc(C)cc(NC(=O)c2ccc(NCCN(C)C)cn2)c1. The molecule has 2 rings (SSSR count). The van der Waals surface area contributed by atoms with Crippen LogP contribution in [0.15, 0.2) is 36.5 Å². The molecule has 0 spiro atoms. The number of hydrogen-bond acceptors (Lipinski definition) is 4. The Kier molecular flexibility index (Phi) is 5.71. The molecule has 0 atom stereocenters. The van der Waals surface area contributed by atoms with E-state index in [1.807, 2.05) is 46.1 Å². The van der Waals surface area contributed by atoms with E-state index in [9.17, 15) is 4.79 Å². The van der Waals surface area contributed by atoms with Crippen LogP contribution in [0.1, 0.15) is 21.6 Å². The molecule has 1 aromatic carbocycles. The highest BCUT2D eigenvalue weighted by Gasteiger charge is 2.08. The minimum Gasteiger partial charge on any atom is -0.383 e. The number of aromatic nitrogens is 1. The topological polar surface area (TPSA) is 57.3 Å². The van der Waals surface area contributed by atoms with Crippen LogP contribution in [0.5, 0.6) is 0 Å². The van der Waals surface area contributed by atoms with E-state index in [0.29, 0.717) is 5.69 Å². The molecular weight excluding hydrogens is 288 g/mol. The Morgan fingerprint density at radius 3 is 2.35 bits per heavy atom. The normalized spacial score (nSPS) is 10.7. The first-order chi connectivity index (χ1) is 10.9. The Bertz CT molecular complexity index is 645. The quantitative estimate of drug-likeness (QED) is 0.861. The number of nitrogens with one attached hydrogen (secondary N) is 2. The van der Waals surface area contributed by atoms with E-state index in [4.69, 9.17) is 0 Å². The fraction of sp³-hybridized carbons (Fsp3) is 0.333. The molecule has 0 saturated carbocycles. The van der Waals surface area contributed by atoms with Gasteiger partial charge in [-0.05, 0) is 63.3 Å². The Balaban J connectivity index is 1.97. The molecule has 0 bridgehead atoms. The predicted octanol–water partition coefficient (Wildman–Crippen LogP) is 2.92. The number of rotatable bonds is 6. The molecule has 0 aliphatic rings. The van der Waals surface area contributed by atoms with Gasteiger partial charge in [-0.2, -0.15) is 0 Å². The van der Waals surface area contributed by atoms with Crippen molar-refractivity contribution in [2.24, 2.45) is 0 Å². The van der Waals surface area contributed by atoms with Crippen molar-refractivity contribution in [1.29, 1.82) is 0 Å². The van der Waals surface area contributed by atoms with E-state index in [-0.39, 0.29) is 5.91 Å². The average molecular weight is 312 g/mol. The maximum Gasteiger partial charge on any atom is 0.274 e. The molecular formula is C18H24N4O. The van der Waals surface area contributed by atoms with Gasteiger partial charge in [0.05, 0.1) is 11.9 Å². The molecule has 0 unspecified atom stereocenters. The average Bonchev–Trinajstić information content (AvgIpc) is 2.46. The zero-order chi connectivity index (χ0) is 16.8. The first-order valence-electron chi connectivity index (χ1n) is 7.68. The van der Waals surface area contributed by atoms with Crippen LogP contribution in [0, 0.1) is 13.8 Å². The maximum absolute atomic E-state index is 12.3. The number of pyridine rings is 1. The number of hydrogen-bond donors (Lipinski definition) is 2. The number of nitrogens with zero attached hydrogens (tertiary/aromatic N) is 2. The smallest absolute Gasteiger partial charge is 0.274 e. The third-order valence-corrected chi connectivity index (χ3v) is 3.36. The van der Waals surface area contributed by atoms with E-state index in [1.54, 1.807) is 12.3 Å². The van der Waals surface area contributed by atoms with E-state index >= 15 is 0 Å². The number of anilines is 2. The molecule has 5 heteroatoms. The second-order valence-corrected chi connectivity index (χ2v) is 5.99. The lowest BCUT2D eigenvalue weighted by molar-refractivity contribution is 0.102. The molecule has 2 aromatic rings. The Hall–Kier alpha value is -2.40. The number of carbonyl (C=O) groups is 1. The lowest BCUT2D eigenvalue weighted by Gasteiger charge is -2.11. The molecule has 5 nitrogen and oxygen atoms in total. The minimum atomic E-state index is -0.199. The van der Waals surface area contributed by atoms with Crippen molar-refractivity contribution in [3.8, 4) is 0 Å². The molecule has 1 heterocycles. The zero-order valence-corrected chi connectivity index (χ0v) is 14.2. The molecule has 0 fully saturated rings. The van der Waals surface area contributed by atoms with Crippen LogP contribution < -0.4 is 10.6 Å². The molecule has 0 radical (unpaired) electrons. The van der Waals surface area contributed by atoms with Gasteiger partial charge in [-0.3, -0.25) is 4.79 Å². The standard InChI is InChI=1S/C18H24N4O/c1-13-9-14(2)11-16(10-13)21-18(23)17-6-5-15(12-20-17)19-7-8-22(3)4/h5-6,9-12,19H,7-8H2,1-4H3,(H,21,23). The lowest BCUT2D eigenvalue weighted by Crippen LogP contribution is -2.21. The van der Waals surface area contributed by atoms with Gasteiger partial charge < -0.3 is 15.5 Å². The fourth-order valence-electron chi connectivity index (χ4n) is 2.30. The molecule has 2 N–H and O–H groups in total. The highest BCUT2D eigenvalue weighted by atomic mass is 16.1. The van der Waals surface area contributed by atoms with E-state index in [2.05, 4.69) is 26.6 Å². The van der Waals surface area contributed by atoms with Gasteiger partial charge in [0, 0.05) is 18.8 Å². The van der Waals surface area contributed by atoms with Crippen molar-refractivity contribution in [3.63, 3.8) is 0 Å². The van der Waals surface area contributed by atoms with Gasteiger partial charge in [0.2, 0.25) is 0 Å². The highest BCUT2D eigenvalue weighted by Crippen LogP contribution is 2.15. The third kappa shape index (κ3) is 5.38. The van der Waals surface area contributed by atoms with Gasteiger partial charge >= 0.3 is 0 Å². The highest BCUT2D eigenvalue weighted by molar-refractivity contribution is 6.03. The van der Waals surface area contributed by atoms with Crippen LogP contribution in [0.25, 0.3) is 0 Å². The van der Waals surface area contributed by atoms with Crippen molar-refractivity contribution in [1.82, 2.24) is 9.88 Å². The summed E-state index contributed by atoms with van der Waals surface area (Å²) in [4.78, 5) is 18.6. The second-order valence-electron chi connectivity index (χ2n) is 5.99. The van der Waals surface area contributed by atoms with E-state index < -0.39 is 0 Å². The lowest BCUT2D eigenvalue weighted by atomic mass is 10.1. The maximum atomic E-state index is 12.3. The van der Waals surface area contributed by atoms with Crippen molar-refractivity contribution in [2.75, 3.05) is 37.8 Å². The van der Waals surface area contributed by atoms with Crippen LogP contribution in [-0.2, 0) is 0 Å². The molecule has 1 amide bonds. The summed E-state index contributed by atoms with van der Waals surface area (Å²) in [6, 6.07) is 9.57. The summed E-state index contributed by atoms with van der Waals surface area (Å²) in [5.41, 5.74) is 4.35. The molecule has 23 heavy (non-hydrogen) atoms. The Morgan fingerprint density at radius 2 is 1.78 bits per heavy atom. The fourth-order valence-corrected chi connectivity index (χ4v) is 2.30. The summed E-state index contributed by atoms with van der Waals surface area (Å²) in [7, 11) is 4.06. The molecule has 122 valence electrons. The summed E-state index contributed by atoms with van der Waals surface area (Å²) in [6.45, 7) is 5.79. The predicted molar refractivity (Wildman–Crippen MR) is 95.1 cm³/mol. The third-order valence-electron chi connectivity index (χ3n) is 3.36. The Labute approximate surface area is 137 Å². The largest absolute Gasteiger partial charge is 0.383 e. The van der Waals surface area contributed by atoms with Crippen molar-refractivity contribution < 1.29 is 4.79 Å². The molecule has 0 saturated heterocycles. The summed E-state index contributed by atoms with van der Waals surface area (Å²) in [5, 5.41) is 6.16.